The van der Waals surface area contributed by atoms with Gasteiger partial charge in [-0.3, -0.25) is 4.99 Å². The molecular formula is C9H15N. The lowest BCUT2D eigenvalue weighted by Crippen LogP contribution is -1.88. The fourth-order valence-corrected chi connectivity index (χ4v) is 0.598. The molecule has 0 radical (unpaired) electrons. The van der Waals surface area contributed by atoms with Crippen molar-refractivity contribution in [3.8, 4) is 0 Å². The SMILES string of the molecule is C=C/C(=C\N=C/C)C(C)C. The summed E-state index contributed by atoms with van der Waals surface area (Å²) < 4.78 is 0. The molecule has 0 N–H and O–H groups in total. The number of aliphatic imine (C=N–C) groups is 1. The maximum absolute atomic E-state index is 4.01. The van der Waals surface area contributed by atoms with Gasteiger partial charge in [-0.25, -0.2) is 0 Å². The molecule has 0 aliphatic heterocycles. The number of rotatable bonds is 3. The van der Waals surface area contributed by atoms with Crippen LogP contribution in [0, 0.1) is 5.92 Å². The largest absolute Gasteiger partial charge is 0.269 e. The van der Waals surface area contributed by atoms with E-state index in [4.69, 9.17) is 0 Å². The molecule has 0 aromatic heterocycles. The van der Waals surface area contributed by atoms with Crippen molar-refractivity contribution >= 4 is 6.21 Å². The predicted molar refractivity (Wildman–Crippen MR) is 47.3 cm³/mol. The van der Waals surface area contributed by atoms with Crippen LogP contribution in [0.1, 0.15) is 20.8 Å². The van der Waals surface area contributed by atoms with Crippen LogP contribution >= 0.6 is 0 Å². The van der Waals surface area contributed by atoms with Gasteiger partial charge in [-0.15, -0.1) is 0 Å². The van der Waals surface area contributed by atoms with Crippen LogP contribution in [0.3, 0.4) is 0 Å². The van der Waals surface area contributed by atoms with Crippen molar-refractivity contribution in [2.75, 3.05) is 0 Å². The molecule has 0 saturated heterocycles. The van der Waals surface area contributed by atoms with E-state index in [9.17, 15) is 0 Å². The first-order valence-corrected chi connectivity index (χ1v) is 3.52. The molecule has 56 valence electrons. The Hall–Kier alpha value is -0.850. The molecule has 1 heteroatoms. The number of hydrogen-bond donors (Lipinski definition) is 0. The molecular weight excluding hydrogens is 122 g/mol. The Balaban J connectivity index is 4.18. The summed E-state index contributed by atoms with van der Waals surface area (Å²) in [5.74, 6) is 0.515. The summed E-state index contributed by atoms with van der Waals surface area (Å²) in [6, 6.07) is 0. The van der Waals surface area contributed by atoms with Gasteiger partial charge >= 0.3 is 0 Å². The Labute approximate surface area is 63.2 Å². The maximum atomic E-state index is 4.01. The van der Waals surface area contributed by atoms with Crippen molar-refractivity contribution in [1.29, 1.82) is 0 Å². The Morgan fingerprint density at radius 1 is 1.50 bits per heavy atom. The minimum Gasteiger partial charge on any atom is -0.269 e. The van der Waals surface area contributed by atoms with Crippen LogP contribution < -0.4 is 0 Å². The Morgan fingerprint density at radius 2 is 2.10 bits per heavy atom. The standard InChI is InChI=1S/C9H15N/c1-5-9(8(3)4)7-10-6-2/h5-8H,1H2,2-4H3/b9-7+,10-6-. The Kier molecular flexibility index (Phi) is 4.55. The monoisotopic (exact) mass is 137 g/mol. The number of nitrogens with zero attached hydrogens (tertiary/aromatic N) is 1. The molecule has 0 bridgehead atoms. The van der Waals surface area contributed by atoms with Crippen LogP contribution in [0.5, 0.6) is 0 Å². The van der Waals surface area contributed by atoms with Gasteiger partial charge in [0.05, 0.1) is 0 Å². The average molecular weight is 137 g/mol. The summed E-state index contributed by atoms with van der Waals surface area (Å²) in [4.78, 5) is 4.01. The normalized spacial score (nSPS) is 13.0. The summed E-state index contributed by atoms with van der Waals surface area (Å²) in [5, 5.41) is 0. The van der Waals surface area contributed by atoms with E-state index in [1.807, 2.05) is 19.2 Å². The van der Waals surface area contributed by atoms with Crippen molar-refractivity contribution < 1.29 is 0 Å². The van der Waals surface area contributed by atoms with Gasteiger partial charge in [-0.05, 0) is 18.4 Å². The van der Waals surface area contributed by atoms with Crippen molar-refractivity contribution in [3.05, 3.63) is 24.4 Å². The Bertz CT molecular complexity index is 152. The van der Waals surface area contributed by atoms with Crippen LogP contribution in [0.25, 0.3) is 0 Å². The van der Waals surface area contributed by atoms with E-state index >= 15 is 0 Å². The van der Waals surface area contributed by atoms with Crippen molar-refractivity contribution in [2.24, 2.45) is 10.9 Å². The number of allylic oxidation sites excluding steroid dienone is 2. The predicted octanol–water partition coefficient (Wildman–Crippen LogP) is 2.80. The van der Waals surface area contributed by atoms with E-state index in [1.165, 1.54) is 5.57 Å². The minimum atomic E-state index is 0.515. The summed E-state index contributed by atoms with van der Waals surface area (Å²) >= 11 is 0. The zero-order valence-electron chi connectivity index (χ0n) is 6.96. The zero-order valence-corrected chi connectivity index (χ0v) is 6.96. The molecule has 0 aliphatic rings. The molecule has 0 amide bonds. The minimum absolute atomic E-state index is 0.515. The molecule has 1 nitrogen and oxygen atoms in total. The molecule has 0 aliphatic carbocycles. The number of hydrogen-bond acceptors (Lipinski definition) is 1. The topological polar surface area (TPSA) is 12.4 Å². The lowest BCUT2D eigenvalue weighted by atomic mass is 10.1. The van der Waals surface area contributed by atoms with Crippen molar-refractivity contribution in [1.82, 2.24) is 0 Å². The first-order valence-electron chi connectivity index (χ1n) is 3.52. The molecule has 0 fully saturated rings. The van der Waals surface area contributed by atoms with Crippen LogP contribution in [0.4, 0.5) is 0 Å². The molecule has 0 heterocycles. The third-order valence-electron chi connectivity index (χ3n) is 1.28. The second-order valence-corrected chi connectivity index (χ2v) is 2.40. The molecule has 10 heavy (non-hydrogen) atoms. The summed E-state index contributed by atoms with van der Waals surface area (Å²) in [6.07, 6.45) is 5.46. The third kappa shape index (κ3) is 3.23. The van der Waals surface area contributed by atoms with Crippen molar-refractivity contribution in [3.63, 3.8) is 0 Å². The second-order valence-electron chi connectivity index (χ2n) is 2.40. The van der Waals surface area contributed by atoms with E-state index in [1.54, 1.807) is 6.21 Å². The first-order chi connectivity index (χ1) is 4.72. The van der Waals surface area contributed by atoms with Gasteiger partial charge < -0.3 is 0 Å². The smallest absolute Gasteiger partial charge is 0.0298 e. The van der Waals surface area contributed by atoms with E-state index in [0.29, 0.717) is 5.92 Å². The molecule has 0 atom stereocenters. The summed E-state index contributed by atoms with van der Waals surface area (Å²) in [6.45, 7) is 9.84. The maximum Gasteiger partial charge on any atom is 0.0298 e. The lowest BCUT2D eigenvalue weighted by molar-refractivity contribution is 0.789. The van der Waals surface area contributed by atoms with Gasteiger partial charge in [-0.1, -0.05) is 26.5 Å². The van der Waals surface area contributed by atoms with Crippen LogP contribution in [-0.4, -0.2) is 6.21 Å². The summed E-state index contributed by atoms with van der Waals surface area (Å²) in [7, 11) is 0. The quantitative estimate of drug-likeness (QED) is 0.419. The zero-order chi connectivity index (χ0) is 7.98. The first kappa shape index (κ1) is 9.15. The highest BCUT2D eigenvalue weighted by Crippen LogP contribution is 2.09. The van der Waals surface area contributed by atoms with Gasteiger partial charge in [0.1, 0.15) is 0 Å². The molecule has 0 rings (SSSR count). The van der Waals surface area contributed by atoms with E-state index in [2.05, 4.69) is 25.4 Å². The molecule has 0 spiro atoms. The van der Waals surface area contributed by atoms with Gasteiger partial charge in [0, 0.05) is 12.4 Å². The fraction of sp³-hybridized carbons (Fsp3) is 0.444. The summed E-state index contributed by atoms with van der Waals surface area (Å²) in [5.41, 5.74) is 1.18. The molecule has 0 saturated carbocycles. The van der Waals surface area contributed by atoms with E-state index in [0.717, 1.165) is 0 Å². The molecule has 0 unspecified atom stereocenters. The van der Waals surface area contributed by atoms with Crippen LogP contribution in [0.15, 0.2) is 29.4 Å². The third-order valence-corrected chi connectivity index (χ3v) is 1.28. The van der Waals surface area contributed by atoms with E-state index < -0.39 is 0 Å². The van der Waals surface area contributed by atoms with Gasteiger partial charge in [-0.2, -0.15) is 0 Å². The van der Waals surface area contributed by atoms with Gasteiger partial charge in [0.15, 0.2) is 0 Å². The Morgan fingerprint density at radius 3 is 2.40 bits per heavy atom. The van der Waals surface area contributed by atoms with Crippen LogP contribution in [-0.2, 0) is 0 Å². The van der Waals surface area contributed by atoms with Gasteiger partial charge in [0.25, 0.3) is 0 Å². The van der Waals surface area contributed by atoms with Crippen LogP contribution in [0.2, 0.25) is 0 Å². The van der Waals surface area contributed by atoms with Crippen molar-refractivity contribution in [2.45, 2.75) is 20.8 Å². The lowest BCUT2D eigenvalue weighted by Gasteiger charge is -2.02. The van der Waals surface area contributed by atoms with E-state index in [-0.39, 0.29) is 0 Å². The molecule has 0 aromatic carbocycles. The fourth-order valence-electron chi connectivity index (χ4n) is 0.598. The average Bonchev–Trinajstić information content (AvgIpc) is 1.89. The highest BCUT2D eigenvalue weighted by molar-refractivity contribution is 5.54. The highest BCUT2D eigenvalue weighted by Gasteiger charge is 1.95. The highest BCUT2D eigenvalue weighted by atomic mass is 14.7. The molecule has 0 aromatic rings. The van der Waals surface area contributed by atoms with Gasteiger partial charge in [0.2, 0.25) is 0 Å². The second kappa shape index (κ2) is 4.98.